The highest BCUT2D eigenvalue weighted by Gasteiger charge is 2.30. The third-order valence-corrected chi connectivity index (χ3v) is 3.20. The highest BCUT2D eigenvalue weighted by atomic mass is 19.4. The fraction of sp³-hybridized carbons (Fsp3) is 0.500. The van der Waals surface area contributed by atoms with Crippen LogP contribution in [0.25, 0.3) is 0 Å². The van der Waals surface area contributed by atoms with Crippen molar-refractivity contribution < 1.29 is 18.0 Å². The summed E-state index contributed by atoms with van der Waals surface area (Å²) in [6.45, 7) is 2.20. The molecule has 1 saturated heterocycles. The van der Waals surface area contributed by atoms with Crippen molar-refractivity contribution in [3.05, 3.63) is 24.3 Å². The summed E-state index contributed by atoms with van der Waals surface area (Å²) in [5.74, 6) is 0.0937. The van der Waals surface area contributed by atoms with Crippen molar-refractivity contribution in [2.75, 3.05) is 16.8 Å². The highest BCUT2D eigenvalue weighted by molar-refractivity contribution is 5.95. The van der Waals surface area contributed by atoms with Crippen molar-refractivity contribution in [3.8, 4) is 0 Å². The lowest BCUT2D eigenvalue weighted by Gasteiger charge is -2.19. The summed E-state index contributed by atoms with van der Waals surface area (Å²) in [7, 11) is 0. The first-order valence-electron chi connectivity index (χ1n) is 6.59. The lowest BCUT2D eigenvalue weighted by molar-refractivity contribution is -0.136. The molecule has 6 heteroatoms. The van der Waals surface area contributed by atoms with Crippen LogP contribution >= 0.6 is 0 Å². The Hall–Kier alpha value is -1.72. The van der Waals surface area contributed by atoms with Gasteiger partial charge in [0, 0.05) is 30.4 Å². The molecule has 1 fully saturated rings. The Morgan fingerprint density at radius 3 is 2.45 bits per heavy atom. The minimum Gasteiger partial charge on any atom is -0.382 e. The van der Waals surface area contributed by atoms with E-state index < -0.39 is 18.6 Å². The Morgan fingerprint density at radius 1 is 1.30 bits per heavy atom. The summed E-state index contributed by atoms with van der Waals surface area (Å²) in [5.41, 5.74) is 1.42. The molecule has 1 amide bonds. The van der Waals surface area contributed by atoms with Crippen molar-refractivity contribution in [1.82, 2.24) is 0 Å². The van der Waals surface area contributed by atoms with Gasteiger partial charge in [-0.15, -0.1) is 0 Å². The fourth-order valence-electron chi connectivity index (χ4n) is 2.34. The summed E-state index contributed by atoms with van der Waals surface area (Å²) in [6.07, 6.45) is -3.64. The van der Waals surface area contributed by atoms with Gasteiger partial charge in [-0.2, -0.15) is 13.2 Å². The number of anilines is 2. The molecule has 1 aliphatic heterocycles. The van der Waals surface area contributed by atoms with Crippen molar-refractivity contribution in [1.29, 1.82) is 0 Å². The third kappa shape index (κ3) is 3.88. The van der Waals surface area contributed by atoms with Gasteiger partial charge in [0.05, 0.1) is 6.42 Å². The number of hydrogen-bond donors (Lipinski definition) is 1. The molecule has 1 N–H and O–H groups in total. The average Bonchev–Trinajstić information content (AvgIpc) is 2.74. The molecule has 1 heterocycles. The number of alkyl halides is 3. The van der Waals surface area contributed by atoms with Crippen molar-refractivity contribution in [2.24, 2.45) is 0 Å². The molecular formula is C14H17F3N2O. The maximum atomic E-state index is 12.2. The van der Waals surface area contributed by atoms with Crippen molar-refractivity contribution >= 4 is 17.3 Å². The number of nitrogens with zero attached hydrogens (tertiary/aromatic N) is 1. The van der Waals surface area contributed by atoms with Crippen LogP contribution in [0.5, 0.6) is 0 Å². The average molecular weight is 286 g/mol. The van der Waals surface area contributed by atoms with Crippen LogP contribution < -0.4 is 10.2 Å². The van der Waals surface area contributed by atoms with Gasteiger partial charge in [-0.25, -0.2) is 0 Å². The van der Waals surface area contributed by atoms with Crippen LogP contribution in [0, 0.1) is 0 Å². The molecule has 110 valence electrons. The maximum absolute atomic E-state index is 12.2. The SMILES string of the molecule is CC(CC(F)(F)F)Nc1ccc(N2CCCC2=O)cc1. The van der Waals surface area contributed by atoms with Gasteiger partial charge in [-0.3, -0.25) is 4.79 Å². The van der Waals surface area contributed by atoms with Crippen LogP contribution in [-0.4, -0.2) is 24.7 Å². The van der Waals surface area contributed by atoms with Crippen LogP contribution in [0.4, 0.5) is 24.5 Å². The van der Waals surface area contributed by atoms with E-state index in [1.807, 2.05) is 0 Å². The molecule has 1 atom stereocenters. The number of amides is 1. The summed E-state index contributed by atoms with van der Waals surface area (Å²) < 4.78 is 36.7. The lowest BCUT2D eigenvalue weighted by atomic mass is 10.2. The topological polar surface area (TPSA) is 32.3 Å². The molecule has 1 aliphatic rings. The number of hydrogen-bond acceptors (Lipinski definition) is 2. The molecule has 0 aromatic heterocycles. The van der Waals surface area contributed by atoms with Gasteiger partial charge in [0.25, 0.3) is 0 Å². The predicted molar refractivity (Wildman–Crippen MR) is 71.8 cm³/mol. The quantitative estimate of drug-likeness (QED) is 0.917. The van der Waals surface area contributed by atoms with E-state index in [1.165, 1.54) is 6.92 Å². The van der Waals surface area contributed by atoms with Crippen molar-refractivity contribution in [2.45, 2.75) is 38.4 Å². The van der Waals surface area contributed by atoms with E-state index in [2.05, 4.69) is 5.32 Å². The first-order chi connectivity index (χ1) is 9.35. The first-order valence-corrected chi connectivity index (χ1v) is 6.59. The second kappa shape index (κ2) is 5.73. The van der Waals surface area contributed by atoms with Crippen LogP contribution in [0.1, 0.15) is 26.2 Å². The second-order valence-corrected chi connectivity index (χ2v) is 5.06. The number of benzene rings is 1. The van der Waals surface area contributed by atoms with E-state index >= 15 is 0 Å². The molecule has 20 heavy (non-hydrogen) atoms. The third-order valence-electron chi connectivity index (χ3n) is 3.20. The Bertz CT molecular complexity index is 470. The second-order valence-electron chi connectivity index (χ2n) is 5.06. The van der Waals surface area contributed by atoms with Gasteiger partial charge < -0.3 is 10.2 Å². The van der Waals surface area contributed by atoms with Gasteiger partial charge in [-0.1, -0.05) is 0 Å². The molecule has 0 spiro atoms. The number of carbonyl (C=O) groups is 1. The predicted octanol–water partition coefficient (Wildman–Crippen LogP) is 3.57. The molecular weight excluding hydrogens is 269 g/mol. The minimum atomic E-state index is -4.17. The number of nitrogens with one attached hydrogen (secondary N) is 1. The Morgan fingerprint density at radius 2 is 1.95 bits per heavy atom. The van der Waals surface area contributed by atoms with Crippen molar-refractivity contribution in [3.63, 3.8) is 0 Å². The molecule has 2 rings (SSSR count). The summed E-state index contributed by atoms with van der Waals surface area (Å²) in [4.78, 5) is 13.3. The molecule has 0 radical (unpaired) electrons. The van der Waals surface area contributed by atoms with Gasteiger partial charge in [0.15, 0.2) is 0 Å². The summed E-state index contributed by atoms with van der Waals surface area (Å²) >= 11 is 0. The monoisotopic (exact) mass is 286 g/mol. The molecule has 0 saturated carbocycles. The fourth-order valence-corrected chi connectivity index (χ4v) is 2.34. The molecule has 1 unspecified atom stereocenters. The Kier molecular flexibility index (Phi) is 4.20. The smallest absolute Gasteiger partial charge is 0.382 e. The first kappa shape index (κ1) is 14.7. The van der Waals surface area contributed by atoms with E-state index in [0.717, 1.165) is 12.1 Å². The molecule has 1 aromatic carbocycles. The normalized spacial score (nSPS) is 17.4. The van der Waals surface area contributed by atoms with Gasteiger partial charge in [-0.05, 0) is 37.6 Å². The lowest BCUT2D eigenvalue weighted by Crippen LogP contribution is -2.24. The van der Waals surface area contributed by atoms with E-state index in [9.17, 15) is 18.0 Å². The van der Waals surface area contributed by atoms with E-state index in [4.69, 9.17) is 0 Å². The van der Waals surface area contributed by atoms with E-state index in [-0.39, 0.29) is 5.91 Å². The van der Waals surface area contributed by atoms with Crippen LogP contribution in [0.2, 0.25) is 0 Å². The van der Waals surface area contributed by atoms with Gasteiger partial charge in [0.2, 0.25) is 5.91 Å². The molecule has 1 aromatic rings. The van der Waals surface area contributed by atoms with Crippen LogP contribution in [0.3, 0.4) is 0 Å². The summed E-state index contributed by atoms with van der Waals surface area (Å²) in [5, 5.41) is 2.80. The minimum absolute atomic E-state index is 0.0937. The van der Waals surface area contributed by atoms with Gasteiger partial charge >= 0.3 is 6.18 Å². The molecule has 0 bridgehead atoms. The van der Waals surface area contributed by atoms with E-state index in [0.29, 0.717) is 18.7 Å². The number of rotatable bonds is 4. The van der Waals surface area contributed by atoms with E-state index in [1.54, 1.807) is 29.2 Å². The Labute approximate surface area is 115 Å². The standard InChI is InChI=1S/C14H17F3N2O/c1-10(9-14(15,16)17)18-11-4-6-12(7-5-11)19-8-2-3-13(19)20/h4-7,10,18H,2-3,8-9H2,1H3. The van der Waals surface area contributed by atoms with Gasteiger partial charge in [0.1, 0.15) is 0 Å². The zero-order valence-corrected chi connectivity index (χ0v) is 11.2. The summed E-state index contributed by atoms with van der Waals surface area (Å²) in [6, 6.07) is 6.23. The largest absolute Gasteiger partial charge is 0.391 e. The number of carbonyl (C=O) groups excluding carboxylic acids is 1. The molecule has 0 aliphatic carbocycles. The Balaban J connectivity index is 1.96. The molecule has 3 nitrogen and oxygen atoms in total. The zero-order valence-electron chi connectivity index (χ0n) is 11.2. The maximum Gasteiger partial charge on any atom is 0.391 e. The number of halogens is 3. The van der Waals surface area contributed by atoms with Crippen LogP contribution in [-0.2, 0) is 4.79 Å². The van der Waals surface area contributed by atoms with Crippen LogP contribution in [0.15, 0.2) is 24.3 Å². The zero-order chi connectivity index (χ0) is 14.8. The highest BCUT2D eigenvalue weighted by Crippen LogP contribution is 2.25.